The van der Waals surface area contributed by atoms with E-state index in [9.17, 15) is 27.9 Å². The molecule has 1 aromatic heterocycles. The van der Waals surface area contributed by atoms with Gasteiger partial charge in [-0.05, 0) is 40.9 Å². The van der Waals surface area contributed by atoms with Gasteiger partial charge in [0, 0.05) is 24.3 Å². The summed E-state index contributed by atoms with van der Waals surface area (Å²) in [5, 5.41) is 10.6. The van der Waals surface area contributed by atoms with Gasteiger partial charge in [0.15, 0.2) is 0 Å². The van der Waals surface area contributed by atoms with Crippen LogP contribution in [-0.2, 0) is 37.3 Å². The second-order valence-electron chi connectivity index (χ2n) is 13.4. The van der Waals surface area contributed by atoms with Gasteiger partial charge in [0.1, 0.15) is 12.1 Å². The molecule has 0 aliphatic carbocycles. The number of carboxylic acids is 1. The first-order valence-corrected chi connectivity index (χ1v) is 14.4. The summed E-state index contributed by atoms with van der Waals surface area (Å²) in [6.45, 7) is 11.8. The molecule has 2 aliphatic rings. The lowest BCUT2D eigenvalue weighted by Crippen LogP contribution is -2.50. The molecule has 4 rings (SSSR count). The molecule has 2 aromatic rings. The van der Waals surface area contributed by atoms with Gasteiger partial charge in [-0.3, -0.25) is 4.79 Å². The number of nitrogens with zero attached hydrogens (tertiary/aromatic N) is 2. The smallest absolute Gasteiger partial charge is 0.417 e. The highest BCUT2D eigenvalue weighted by atomic mass is 19.4. The van der Waals surface area contributed by atoms with E-state index in [-0.39, 0.29) is 23.5 Å². The van der Waals surface area contributed by atoms with Gasteiger partial charge in [-0.15, -0.1) is 0 Å². The molecular weight excluding hydrogens is 565 g/mol. The molecule has 1 amide bonds. The molecule has 2 aliphatic heterocycles. The number of carbonyl (C=O) groups is 2. The molecule has 0 radical (unpaired) electrons. The van der Waals surface area contributed by atoms with Gasteiger partial charge in [-0.25, -0.2) is 9.78 Å². The maximum atomic E-state index is 14.1. The third kappa shape index (κ3) is 6.82. The predicted octanol–water partition coefficient (Wildman–Crippen LogP) is 6.17. The Morgan fingerprint density at radius 3 is 2.33 bits per heavy atom. The van der Waals surface area contributed by atoms with E-state index in [1.54, 1.807) is 0 Å². The molecule has 1 aromatic carbocycles. The number of hydrogen-bond donors (Lipinski definition) is 1. The fourth-order valence-electron chi connectivity index (χ4n) is 6.19. The first kappa shape index (κ1) is 32.7. The Hall–Kier alpha value is -3.18. The minimum Gasteiger partial charge on any atom is -0.481 e. The van der Waals surface area contributed by atoms with E-state index < -0.39 is 59.2 Å². The number of rotatable bonds is 7. The van der Waals surface area contributed by atoms with Crippen molar-refractivity contribution in [1.82, 2.24) is 9.88 Å². The van der Waals surface area contributed by atoms with Crippen molar-refractivity contribution in [2.24, 2.45) is 11.3 Å². The topological polar surface area (TPSA) is 98.2 Å². The van der Waals surface area contributed by atoms with Crippen molar-refractivity contribution in [2.45, 2.75) is 96.9 Å². The predicted molar refractivity (Wildman–Crippen MR) is 152 cm³/mol. The Kier molecular flexibility index (Phi) is 9.19. The number of halogens is 3. The number of hydrogen-bond acceptors (Lipinski definition) is 6. The Balaban J connectivity index is 1.88. The summed E-state index contributed by atoms with van der Waals surface area (Å²) in [7, 11) is 1.30. The molecule has 8 nitrogen and oxygen atoms in total. The third-order valence-corrected chi connectivity index (χ3v) is 8.29. The average molecular weight is 607 g/mol. The van der Waals surface area contributed by atoms with Crippen molar-refractivity contribution in [1.29, 1.82) is 0 Å². The number of alkyl halides is 3. The molecule has 2 saturated heterocycles. The van der Waals surface area contributed by atoms with E-state index in [4.69, 9.17) is 14.2 Å². The minimum atomic E-state index is -4.63. The lowest BCUT2D eigenvalue weighted by molar-refractivity contribution is -0.156. The van der Waals surface area contributed by atoms with Gasteiger partial charge in [-0.1, -0.05) is 65.8 Å². The molecule has 3 heterocycles. The van der Waals surface area contributed by atoms with Gasteiger partial charge < -0.3 is 24.2 Å². The van der Waals surface area contributed by atoms with E-state index in [2.05, 4.69) is 25.8 Å². The molecule has 5 atom stereocenters. The maximum Gasteiger partial charge on any atom is 0.417 e. The zero-order valence-corrected chi connectivity index (χ0v) is 25.7. The summed E-state index contributed by atoms with van der Waals surface area (Å²) >= 11 is 0. The van der Waals surface area contributed by atoms with Crippen LogP contribution in [0, 0.1) is 11.3 Å². The van der Waals surface area contributed by atoms with Crippen LogP contribution in [0.15, 0.2) is 36.5 Å². The van der Waals surface area contributed by atoms with E-state index in [0.717, 1.165) is 11.6 Å². The number of benzene rings is 1. The van der Waals surface area contributed by atoms with Crippen LogP contribution < -0.4 is 4.74 Å². The molecule has 0 unspecified atom stereocenters. The fourth-order valence-corrected chi connectivity index (χ4v) is 6.19. The lowest BCUT2D eigenvalue weighted by atomic mass is 9.73. The number of likely N-dealkylation sites (tertiary alicyclic amines) is 1. The second-order valence-corrected chi connectivity index (χ2v) is 13.4. The van der Waals surface area contributed by atoms with Crippen LogP contribution in [0.4, 0.5) is 13.2 Å². The number of amides is 1. The van der Waals surface area contributed by atoms with Crippen LogP contribution in [0.2, 0.25) is 0 Å². The van der Waals surface area contributed by atoms with Crippen LogP contribution >= 0.6 is 0 Å². The number of aliphatic carboxylic acids is 1. The van der Waals surface area contributed by atoms with Crippen molar-refractivity contribution < 1.29 is 42.1 Å². The molecule has 43 heavy (non-hydrogen) atoms. The highest BCUT2D eigenvalue weighted by molar-refractivity contribution is 5.88. The monoisotopic (exact) mass is 606 g/mol. The highest BCUT2D eigenvalue weighted by Gasteiger charge is 2.59. The SMILES string of the molecule is COc1ncc(C(F)(F)F)cc1CO[C@H]1[C@H](C(C)(C)C)[C@@H](C(=O)O)N(C(=O)[C@@H]2CCCO2)[C@H]1c1cccc(C(C)(C)C)c1. The molecule has 2 fully saturated rings. The zero-order chi connectivity index (χ0) is 31.9. The minimum absolute atomic E-state index is 0.0355. The van der Waals surface area contributed by atoms with E-state index in [1.807, 2.05) is 45.0 Å². The molecule has 11 heteroatoms. The van der Waals surface area contributed by atoms with Crippen molar-refractivity contribution in [3.63, 3.8) is 0 Å². The van der Waals surface area contributed by atoms with Crippen molar-refractivity contribution in [2.75, 3.05) is 13.7 Å². The van der Waals surface area contributed by atoms with Gasteiger partial charge in [-0.2, -0.15) is 13.2 Å². The van der Waals surface area contributed by atoms with Gasteiger partial charge in [0.25, 0.3) is 5.91 Å². The molecule has 1 N–H and O–H groups in total. The molecule has 0 bridgehead atoms. The van der Waals surface area contributed by atoms with Crippen molar-refractivity contribution in [3.8, 4) is 5.88 Å². The normalized spacial score (nSPS) is 24.8. The van der Waals surface area contributed by atoms with Crippen LogP contribution in [-0.4, -0.2) is 58.8 Å². The number of carbonyl (C=O) groups excluding carboxylic acids is 1. The van der Waals surface area contributed by atoms with Crippen molar-refractivity contribution >= 4 is 11.9 Å². The Morgan fingerprint density at radius 2 is 1.79 bits per heavy atom. The zero-order valence-electron chi connectivity index (χ0n) is 25.7. The molecule has 0 spiro atoms. The summed E-state index contributed by atoms with van der Waals surface area (Å²) in [6, 6.07) is 6.42. The lowest BCUT2D eigenvalue weighted by Gasteiger charge is -2.35. The molecule has 0 saturated carbocycles. The summed E-state index contributed by atoms with van der Waals surface area (Å²) in [5.74, 6) is -2.39. The largest absolute Gasteiger partial charge is 0.481 e. The van der Waals surface area contributed by atoms with Gasteiger partial charge in [0.2, 0.25) is 5.88 Å². The number of pyridine rings is 1. The summed E-state index contributed by atoms with van der Waals surface area (Å²) in [4.78, 5) is 32.3. The first-order chi connectivity index (χ1) is 19.9. The number of methoxy groups -OCH3 is 1. The summed E-state index contributed by atoms with van der Waals surface area (Å²) in [6.07, 6.45) is -4.49. The van der Waals surface area contributed by atoms with Crippen LogP contribution in [0.5, 0.6) is 5.88 Å². The Labute approximate surface area is 250 Å². The van der Waals surface area contributed by atoms with Gasteiger partial charge >= 0.3 is 12.1 Å². The standard InChI is InChI=1S/C32H41F3N2O6/c1-30(2,3)20-11-8-10-18(14-20)24-26(43-17-19-15-21(32(33,34)35)16-36-27(19)41-7)23(31(4,5)6)25(29(39)40)37(24)28(38)22-12-9-13-42-22/h8,10-11,14-16,22-26H,9,12-13,17H2,1-7H3,(H,39,40)/t22-,23+,24-,25-,26-/m0/s1. The summed E-state index contributed by atoms with van der Waals surface area (Å²) < 4.78 is 58.1. The Morgan fingerprint density at radius 1 is 1.09 bits per heavy atom. The number of carboxylic acid groups (broad SMARTS) is 1. The number of ether oxygens (including phenoxy) is 3. The average Bonchev–Trinajstić information content (AvgIpc) is 3.57. The van der Waals surface area contributed by atoms with E-state index in [1.165, 1.54) is 12.0 Å². The van der Waals surface area contributed by atoms with Gasteiger partial charge in [0.05, 0.1) is 31.4 Å². The molecular formula is C32H41F3N2O6. The fraction of sp³-hybridized carbons (Fsp3) is 0.594. The third-order valence-electron chi connectivity index (χ3n) is 8.29. The Bertz CT molecular complexity index is 1330. The second kappa shape index (κ2) is 12.1. The quantitative estimate of drug-likeness (QED) is 0.403. The van der Waals surface area contributed by atoms with Crippen LogP contribution in [0.1, 0.15) is 82.7 Å². The van der Waals surface area contributed by atoms with Crippen molar-refractivity contribution in [3.05, 3.63) is 58.8 Å². The highest BCUT2D eigenvalue weighted by Crippen LogP contribution is 2.51. The van der Waals surface area contributed by atoms with Crippen LogP contribution in [0.25, 0.3) is 0 Å². The van der Waals surface area contributed by atoms with E-state index in [0.29, 0.717) is 31.2 Å². The number of aromatic nitrogens is 1. The summed E-state index contributed by atoms with van der Waals surface area (Å²) in [5.41, 5.74) is -0.184. The van der Waals surface area contributed by atoms with Crippen LogP contribution in [0.3, 0.4) is 0 Å². The maximum absolute atomic E-state index is 14.1. The van der Waals surface area contributed by atoms with E-state index >= 15 is 0 Å². The molecule has 236 valence electrons. The first-order valence-electron chi connectivity index (χ1n) is 14.4.